The maximum Gasteiger partial charge on any atom is 0.231 e. The van der Waals surface area contributed by atoms with Crippen molar-refractivity contribution in [2.45, 2.75) is 6.61 Å². The zero-order valence-electron chi connectivity index (χ0n) is 11.8. The van der Waals surface area contributed by atoms with Gasteiger partial charge in [0.15, 0.2) is 5.58 Å². The van der Waals surface area contributed by atoms with Gasteiger partial charge in [0.2, 0.25) is 5.89 Å². The Balaban J connectivity index is 2.11. The number of aliphatic hydroxyl groups is 1. The molecule has 0 saturated heterocycles. The van der Waals surface area contributed by atoms with E-state index >= 15 is 0 Å². The number of rotatable bonds is 4. The molecule has 0 atom stereocenters. The minimum atomic E-state index is -0.0238. The Kier molecular flexibility index (Phi) is 3.50. The van der Waals surface area contributed by atoms with E-state index in [0.29, 0.717) is 28.5 Å². The Morgan fingerprint density at radius 2 is 1.95 bits per heavy atom. The molecule has 0 unspecified atom stereocenters. The van der Waals surface area contributed by atoms with Crippen molar-refractivity contribution in [1.82, 2.24) is 4.98 Å². The summed E-state index contributed by atoms with van der Waals surface area (Å²) in [5.41, 5.74) is 2.92. The van der Waals surface area contributed by atoms with Gasteiger partial charge in [-0.05, 0) is 29.8 Å². The molecule has 1 aromatic heterocycles. The number of ether oxygens (including phenoxy) is 2. The lowest BCUT2D eigenvalue weighted by molar-refractivity contribution is 0.282. The van der Waals surface area contributed by atoms with E-state index in [4.69, 9.17) is 19.0 Å². The summed E-state index contributed by atoms with van der Waals surface area (Å²) in [6.45, 7) is -0.0238. The van der Waals surface area contributed by atoms with Crippen molar-refractivity contribution < 1.29 is 19.0 Å². The number of aliphatic hydroxyl groups excluding tert-OH is 1. The van der Waals surface area contributed by atoms with Crippen LogP contribution in [0.3, 0.4) is 0 Å². The van der Waals surface area contributed by atoms with Gasteiger partial charge in [0.25, 0.3) is 0 Å². The van der Waals surface area contributed by atoms with Gasteiger partial charge in [0.1, 0.15) is 17.0 Å². The molecule has 3 aromatic rings. The first-order valence-electron chi connectivity index (χ1n) is 6.48. The normalized spacial score (nSPS) is 10.8. The van der Waals surface area contributed by atoms with Crippen LogP contribution in [-0.4, -0.2) is 24.3 Å². The average molecular weight is 285 g/mol. The number of benzene rings is 2. The number of aromatic nitrogens is 1. The van der Waals surface area contributed by atoms with Crippen LogP contribution in [-0.2, 0) is 6.61 Å². The van der Waals surface area contributed by atoms with Crippen molar-refractivity contribution in [1.29, 1.82) is 0 Å². The first kappa shape index (κ1) is 13.5. The SMILES string of the molecule is COc1ccc(-c2nc3cc(CO)ccc3o2)c(OC)c1. The Labute approximate surface area is 121 Å². The zero-order valence-corrected chi connectivity index (χ0v) is 11.8. The van der Waals surface area contributed by atoms with Gasteiger partial charge in [-0.3, -0.25) is 0 Å². The van der Waals surface area contributed by atoms with Crippen molar-refractivity contribution in [3.63, 3.8) is 0 Å². The Bertz CT molecular complexity index is 779. The van der Waals surface area contributed by atoms with Crippen LogP contribution in [0.25, 0.3) is 22.6 Å². The van der Waals surface area contributed by atoms with Crippen molar-refractivity contribution in [3.05, 3.63) is 42.0 Å². The summed E-state index contributed by atoms with van der Waals surface area (Å²) in [4.78, 5) is 4.46. The highest BCUT2D eigenvalue weighted by atomic mass is 16.5. The lowest BCUT2D eigenvalue weighted by Crippen LogP contribution is -1.90. The van der Waals surface area contributed by atoms with Gasteiger partial charge < -0.3 is 19.0 Å². The Morgan fingerprint density at radius 3 is 2.67 bits per heavy atom. The van der Waals surface area contributed by atoms with Crippen LogP contribution in [0.4, 0.5) is 0 Å². The predicted octanol–water partition coefficient (Wildman–Crippen LogP) is 3.00. The van der Waals surface area contributed by atoms with Gasteiger partial charge >= 0.3 is 0 Å². The van der Waals surface area contributed by atoms with Crippen LogP contribution in [0.5, 0.6) is 11.5 Å². The molecule has 1 heterocycles. The molecule has 0 aliphatic heterocycles. The molecular weight excluding hydrogens is 270 g/mol. The maximum atomic E-state index is 9.17. The number of fused-ring (bicyclic) bond motifs is 1. The summed E-state index contributed by atoms with van der Waals surface area (Å²) in [7, 11) is 3.19. The van der Waals surface area contributed by atoms with Crippen molar-refractivity contribution >= 4 is 11.1 Å². The summed E-state index contributed by atoms with van der Waals surface area (Å²) in [6.07, 6.45) is 0. The van der Waals surface area contributed by atoms with Crippen LogP contribution in [0, 0.1) is 0 Å². The van der Waals surface area contributed by atoms with E-state index in [0.717, 1.165) is 11.1 Å². The van der Waals surface area contributed by atoms with Crippen molar-refractivity contribution in [2.75, 3.05) is 14.2 Å². The second-order valence-electron chi connectivity index (χ2n) is 4.55. The molecule has 0 amide bonds. The highest BCUT2D eigenvalue weighted by molar-refractivity contribution is 5.78. The van der Waals surface area contributed by atoms with E-state index in [1.807, 2.05) is 18.2 Å². The minimum Gasteiger partial charge on any atom is -0.497 e. The molecule has 3 rings (SSSR count). The van der Waals surface area contributed by atoms with Gasteiger partial charge in [-0.1, -0.05) is 6.07 Å². The third-order valence-electron chi connectivity index (χ3n) is 3.27. The average Bonchev–Trinajstić information content (AvgIpc) is 2.96. The van der Waals surface area contributed by atoms with Crippen LogP contribution >= 0.6 is 0 Å². The first-order chi connectivity index (χ1) is 10.2. The molecule has 1 N–H and O–H groups in total. The molecule has 21 heavy (non-hydrogen) atoms. The van der Waals surface area contributed by atoms with Gasteiger partial charge in [-0.15, -0.1) is 0 Å². The standard InChI is InChI=1S/C16H15NO4/c1-19-11-4-5-12(15(8-11)20-2)16-17-13-7-10(9-18)3-6-14(13)21-16/h3-8,18H,9H2,1-2H3. The lowest BCUT2D eigenvalue weighted by atomic mass is 10.2. The molecule has 0 aliphatic rings. The number of hydrogen-bond acceptors (Lipinski definition) is 5. The summed E-state index contributed by atoms with van der Waals surface area (Å²) in [6, 6.07) is 10.9. The van der Waals surface area contributed by atoms with Gasteiger partial charge in [-0.25, -0.2) is 4.98 Å². The molecule has 5 nitrogen and oxygen atoms in total. The molecule has 5 heteroatoms. The molecule has 0 bridgehead atoms. The monoisotopic (exact) mass is 285 g/mol. The first-order valence-corrected chi connectivity index (χ1v) is 6.48. The van der Waals surface area contributed by atoms with E-state index in [2.05, 4.69) is 4.98 Å². The number of nitrogens with zero attached hydrogens (tertiary/aromatic N) is 1. The fourth-order valence-electron chi connectivity index (χ4n) is 2.16. The largest absolute Gasteiger partial charge is 0.497 e. The van der Waals surface area contributed by atoms with Crippen molar-refractivity contribution in [3.8, 4) is 23.0 Å². The molecule has 108 valence electrons. The molecular formula is C16H15NO4. The van der Waals surface area contributed by atoms with Crippen LogP contribution in [0.2, 0.25) is 0 Å². The molecule has 0 spiro atoms. The fraction of sp³-hybridized carbons (Fsp3) is 0.188. The quantitative estimate of drug-likeness (QED) is 0.798. The van der Waals surface area contributed by atoms with Gasteiger partial charge in [0, 0.05) is 6.07 Å². The maximum absolute atomic E-state index is 9.17. The summed E-state index contributed by atoms with van der Waals surface area (Å²) < 4.78 is 16.3. The highest BCUT2D eigenvalue weighted by Crippen LogP contribution is 2.34. The van der Waals surface area contributed by atoms with Gasteiger partial charge in [-0.2, -0.15) is 0 Å². The summed E-state index contributed by atoms with van der Waals surface area (Å²) >= 11 is 0. The zero-order chi connectivity index (χ0) is 14.8. The van der Waals surface area contributed by atoms with Gasteiger partial charge in [0.05, 0.1) is 26.4 Å². The predicted molar refractivity (Wildman–Crippen MR) is 78.5 cm³/mol. The smallest absolute Gasteiger partial charge is 0.231 e. The van der Waals surface area contributed by atoms with E-state index in [1.165, 1.54) is 0 Å². The molecule has 0 saturated carbocycles. The number of oxazole rings is 1. The number of methoxy groups -OCH3 is 2. The van der Waals surface area contributed by atoms with E-state index in [-0.39, 0.29) is 6.61 Å². The Morgan fingerprint density at radius 1 is 1.10 bits per heavy atom. The lowest BCUT2D eigenvalue weighted by Gasteiger charge is -2.07. The third-order valence-corrected chi connectivity index (χ3v) is 3.27. The van der Waals surface area contributed by atoms with Crippen LogP contribution in [0.1, 0.15) is 5.56 Å². The summed E-state index contributed by atoms with van der Waals surface area (Å²) in [5.74, 6) is 1.80. The molecule has 2 aromatic carbocycles. The third kappa shape index (κ3) is 2.43. The fourth-order valence-corrected chi connectivity index (χ4v) is 2.16. The molecule has 0 radical (unpaired) electrons. The molecule has 0 fully saturated rings. The summed E-state index contributed by atoms with van der Waals surface area (Å²) in [5, 5.41) is 9.17. The van der Waals surface area contributed by atoms with Crippen LogP contribution in [0.15, 0.2) is 40.8 Å². The highest BCUT2D eigenvalue weighted by Gasteiger charge is 2.14. The van der Waals surface area contributed by atoms with E-state index in [1.54, 1.807) is 32.4 Å². The number of hydrogen-bond donors (Lipinski definition) is 1. The topological polar surface area (TPSA) is 64.7 Å². The van der Waals surface area contributed by atoms with E-state index < -0.39 is 0 Å². The van der Waals surface area contributed by atoms with Crippen molar-refractivity contribution in [2.24, 2.45) is 0 Å². The van der Waals surface area contributed by atoms with Crippen LogP contribution < -0.4 is 9.47 Å². The minimum absolute atomic E-state index is 0.0238. The molecule has 0 aliphatic carbocycles. The second kappa shape index (κ2) is 5.46. The Hall–Kier alpha value is -2.53. The van der Waals surface area contributed by atoms with E-state index in [9.17, 15) is 0 Å². The second-order valence-corrected chi connectivity index (χ2v) is 4.55.